The molecule has 198 valence electrons. The van der Waals surface area contributed by atoms with E-state index in [1.54, 1.807) is 0 Å². The number of hydrogen-bond donors (Lipinski definition) is 2. The Bertz CT molecular complexity index is 1350. The molecule has 0 aromatic carbocycles. The summed E-state index contributed by atoms with van der Waals surface area (Å²) < 4.78 is 2.31. The quantitative estimate of drug-likeness (QED) is 0.334. The van der Waals surface area contributed by atoms with Crippen LogP contribution in [0, 0.1) is 0 Å². The first kappa shape index (κ1) is 26.1. The first-order valence-corrected chi connectivity index (χ1v) is 13.9. The third-order valence-corrected chi connectivity index (χ3v) is 7.62. The van der Waals surface area contributed by atoms with Crippen LogP contribution in [0.25, 0.3) is 5.57 Å². The summed E-state index contributed by atoms with van der Waals surface area (Å²) in [4.78, 5) is 15.0. The van der Waals surface area contributed by atoms with E-state index in [1.165, 1.54) is 11.1 Å². The predicted molar refractivity (Wildman–Crippen MR) is 159 cm³/mol. The van der Waals surface area contributed by atoms with Gasteiger partial charge in [-0.05, 0) is 77.5 Å². The number of aliphatic imine (C=N–C) groups is 2. The summed E-state index contributed by atoms with van der Waals surface area (Å²) in [6.45, 7) is 11.3. The maximum absolute atomic E-state index is 5.21. The lowest BCUT2D eigenvalue weighted by Gasteiger charge is -2.25. The van der Waals surface area contributed by atoms with Gasteiger partial charge in [0, 0.05) is 36.1 Å². The smallest absolute Gasteiger partial charge is 0.123 e. The van der Waals surface area contributed by atoms with E-state index >= 15 is 0 Å². The number of allylic oxidation sites excluding steroid dienone is 10. The van der Waals surface area contributed by atoms with Gasteiger partial charge in [-0.2, -0.15) is 0 Å². The van der Waals surface area contributed by atoms with Gasteiger partial charge in [-0.15, -0.1) is 0 Å². The van der Waals surface area contributed by atoms with Crippen LogP contribution in [0.1, 0.15) is 71.3 Å². The van der Waals surface area contributed by atoms with Gasteiger partial charge in [0.05, 0.1) is 41.6 Å². The molecule has 6 heteroatoms. The average molecular weight is 509 g/mol. The fourth-order valence-electron chi connectivity index (χ4n) is 5.32. The molecule has 2 N–H and O–H groups in total. The van der Waals surface area contributed by atoms with Crippen molar-refractivity contribution >= 4 is 17.0 Å². The lowest BCUT2D eigenvalue weighted by molar-refractivity contribution is 0.502. The van der Waals surface area contributed by atoms with Gasteiger partial charge in [0.1, 0.15) is 5.82 Å². The molecule has 0 saturated heterocycles. The zero-order chi connectivity index (χ0) is 26.5. The molecule has 6 nitrogen and oxygen atoms in total. The van der Waals surface area contributed by atoms with Gasteiger partial charge in [0.25, 0.3) is 0 Å². The van der Waals surface area contributed by atoms with Crippen molar-refractivity contribution in [3.05, 3.63) is 94.6 Å². The summed E-state index contributed by atoms with van der Waals surface area (Å²) in [5.74, 6) is 1.09. The van der Waals surface area contributed by atoms with E-state index in [0.29, 0.717) is 0 Å². The summed E-state index contributed by atoms with van der Waals surface area (Å²) in [5.41, 5.74) is 10.4. The molecular formula is C32H40N6. The Kier molecular flexibility index (Phi) is 8.18. The second-order valence-electron chi connectivity index (χ2n) is 10.5. The van der Waals surface area contributed by atoms with Gasteiger partial charge >= 0.3 is 0 Å². The molecule has 0 amide bonds. The molecule has 38 heavy (non-hydrogen) atoms. The zero-order valence-electron chi connectivity index (χ0n) is 23.2. The topological polar surface area (TPSA) is 66.6 Å². The maximum atomic E-state index is 5.21. The summed E-state index contributed by atoms with van der Waals surface area (Å²) in [6, 6.07) is 0.0814. The molecule has 0 spiro atoms. The maximum Gasteiger partial charge on any atom is 0.123 e. The van der Waals surface area contributed by atoms with E-state index in [-0.39, 0.29) is 6.04 Å². The van der Waals surface area contributed by atoms with Crippen LogP contribution >= 0.6 is 0 Å². The Labute approximate surface area is 227 Å². The second kappa shape index (κ2) is 11.9. The van der Waals surface area contributed by atoms with E-state index in [2.05, 4.69) is 96.6 Å². The van der Waals surface area contributed by atoms with Gasteiger partial charge in [0.2, 0.25) is 0 Å². The molecule has 0 saturated carbocycles. The minimum absolute atomic E-state index is 0.0814. The van der Waals surface area contributed by atoms with Crippen molar-refractivity contribution in [2.24, 2.45) is 9.98 Å². The highest BCUT2D eigenvalue weighted by molar-refractivity contribution is 6.10. The average Bonchev–Trinajstić information content (AvgIpc) is 3.25. The molecule has 4 aliphatic rings. The lowest BCUT2D eigenvalue weighted by Crippen LogP contribution is -2.31. The minimum atomic E-state index is 0.0814. The Morgan fingerprint density at radius 1 is 1.26 bits per heavy atom. The fourth-order valence-corrected chi connectivity index (χ4v) is 5.32. The highest BCUT2D eigenvalue weighted by Gasteiger charge is 2.24. The molecule has 1 aromatic rings. The van der Waals surface area contributed by atoms with Crippen LogP contribution in [0.3, 0.4) is 0 Å². The molecule has 1 unspecified atom stereocenters. The lowest BCUT2D eigenvalue weighted by atomic mass is 9.96. The number of nitrogens with one attached hydrogen (secondary N) is 2. The largest absolute Gasteiger partial charge is 0.379 e. The highest BCUT2D eigenvalue weighted by atomic mass is 15.2. The summed E-state index contributed by atoms with van der Waals surface area (Å²) >= 11 is 0. The van der Waals surface area contributed by atoms with E-state index in [1.807, 2.05) is 6.20 Å². The van der Waals surface area contributed by atoms with E-state index in [0.717, 1.165) is 97.2 Å². The van der Waals surface area contributed by atoms with Crippen LogP contribution in [-0.2, 0) is 13.1 Å². The molecule has 1 atom stereocenters. The van der Waals surface area contributed by atoms with Crippen molar-refractivity contribution in [2.45, 2.75) is 78.9 Å². The molecule has 4 heterocycles. The summed E-state index contributed by atoms with van der Waals surface area (Å²) in [6.07, 6.45) is 24.8. The van der Waals surface area contributed by atoms with Crippen LogP contribution < -0.4 is 10.6 Å². The van der Waals surface area contributed by atoms with Crippen molar-refractivity contribution in [3.8, 4) is 0 Å². The molecule has 3 aliphatic heterocycles. The van der Waals surface area contributed by atoms with Crippen LogP contribution in [0.4, 0.5) is 0 Å². The number of hydrogen-bond acceptors (Lipinski definition) is 5. The fraction of sp³-hybridized carbons (Fsp3) is 0.406. The molecule has 1 aliphatic carbocycles. The number of rotatable bonds is 7. The standard InChI is InChI=1S/C32H40N6/c1-5-6-7-10-23(3)36-32(25-11-8-9-22(2)12-13-25)24(4)27-14-15-28-29(37-27)18-26(19-34-28)30-20-35-31-21-33-16-17-38(30)31/h5-6,11-12,14-15,18-20,28,33-34H,7-10,13,16-17,21H2,1-4H3/b6-5-,32-24+,36-23?. The monoisotopic (exact) mass is 508 g/mol. The predicted octanol–water partition coefficient (Wildman–Crippen LogP) is 6.34. The Morgan fingerprint density at radius 3 is 3.03 bits per heavy atom. The van der Waals surface area contributed by atoms with Gasteiger partial charge in [-0.25, -0.2) is 4.98 Å². The Morgan fingerprint density at radius 2 is 2.16 bits per heavy atom. The molecule has 1 aromatic heterocycles. The van der Waals surface area contributed by atoms with Crippen molar-refractivity contribution in [1.29, 1.82) is 0 Å². The Balaban J connectivity index is 1.49. The van der Waals surface area contributed by atoms with Gasteiger partial charge in [-0.1, -0.05) is 36.0 Å². The molecule has 0 radical (unpaired) electrons. The number of nitrogens with zero attached hydrogens (tertiary/aromatic N) is 4. The van der Waals surface area contributed by atoms with Crippen molar-refractivity contribution in [2.75, 3.05) is 6.54 Å². The molecule has 0 bridgehead atoms. The van der Waals surface area contributed by atoms with Crippen molar-refractivity contribution in [1.82, 2.24) is 20.2 Å². The number of fused-ring (bicyclic) bond motifs is 2. The third kappa shape index (κ3) is 5.81. The molecular weight excluding hydrogens is 468 g/mol. The molecule has 0 fully saturated rings. The van der Waals surface area contributed by atoms with E-state index in [4.69, 9.17) is 9.98 Å². The normalized spacial score (nSPS) is 22.3. The second-order valence-corrected chi connectivity index (χ2v) is 10.5. The SMILES string of the molecule is C/C=C\CCC(C)=N/C(C1=CCCC(C)=CC1)=C(\C)C1=NC2=CC(c3cnc4n3CCNC4)=CNC2C=C1. The van der Waals surface area contributed by atoms with Crippen molar-refractivity contribution < 1.29 is 0 Å². The zero-order valence-corrected chi connectivity index (χ0v) is 23.2. The number of aromatic nitrogens is 2. The Hall–Kier alpha value is -3.51. The van der Waals surface area contributed by atoms with Crippen LogP contribution in [0.2, 0.25) is 0 Å². The summed E-state index contributed by atoms with van der Waals surface area (Å²) in [5, 5.41) is 6.94. The van der Waals surface area contributed by atoms with Crippen LogP contribution in [0.15, 0.2) is 93.0 Å². The summed E-state index contributed by atoms with van der Waals surface area (Å²) in [7, 11) is 0. The first-order chi connectivity index (χ1) is 18.5. The van der Waals surface area contributed by atoms with Gasteiger partial charge < -0.3 is 15.2 Å². The number of imidazole rings is 1. The van der Waals surface area contributed by atoms with E-state index < -0.39 is 0 Å². The minimum Gasteiger partial charge on any atom is -0.379 e. The van der Waals surface area contributed by atoms with Crippen LogP contribution in [0.5, 0.6) is 0 Å². The first-order valence-electron chi connectivity index (χ1n) is 13.9. The highest BCUT2D eigenvalue weighted by Crippen LogP contribution is 2.31. The third-order valence-electron chi connectivity index (χ3n) is 7.62. The van der Waals surface area contributed by atoms with E-state index in [9.17, 15) is 0 Å². The molecule has 5 rings (SSSR count). The van der Waals surface area contributed by atoms with Crippen molar-refractivity contribution in [3.63, 3.8) is 0 Å². The van der Waals surface area contributed by atoms with Crippen LogP contribution in [-0.4, -0.2) is 33.6 Å². The van der Waals surface area contributed by atoms with Gasteiger partial charge in [-0.3, -0.25) is 9.98 Å². The number of dihydropyridines is 2. The van der Waals surface area contributed by atoms with Gasteiger partial charge in [0.15, 0.2) is 0 Å².